The lowest BCUT2D eigenvalue weighted by Gasteiger charge is -2.10. The summed E-state index contributed by atoms with van der Waals surface area (Å²) in [4.78, 5) is 24.9. The molecule has 3 aromatic rings. The Kier molecular flexibility index (Phi) is 5.75. The lowest BCUT2D eigenvalue weighted by Crippen LogP contribution is -2.41. The van der Waals surface area contributed by atoms with Gasteiger partial charge in [-0.25, -0.2) is 0 Å². The van der Waals surface area contributed by atoms with Gasteiger partial charge in [0.05, 0.1) is 19.3 Å². The number of furan rings is 1. The third kappa shape index (κ3) is 3.89. The molecule has 0 saturated carbocycles. The van der Waals surface area contributed by atoms with Crippen LogP contribution in [0.1, 0.15) is 33.4 Å². The number of aryl methyl sites for hydroxylation is 1. The molecule has 28 heavy (non-hydrogen) atoms. The summed E-state index contributed by atoms with van der Waals surface area (Å²) in [5.41, 5.74) is 6.07. The first kappa shape index (κ1) is 19.6. The molecule has 0 aliphatic heterocycles. The third-order valence-electron chi connectivity index (χ3n) is 4.12. The number of methoxy groups -OCH3 is 1. The molecule has 0 radical (unpaired) electrons. The molecule has 0 fully saturated rings. The summed E-state index contributed by atoms with van der Waals surface area (Å²) in [5, 5.41) is 1.13. The monoisotopic (exact) mass is 402 g/mol. The Hall–Kier alpha value is -3.19. The van der Waals surface area contributed by atoms with Crippen LogP contribution in [0.5, 0.6) is 11.5 Å². The van der Waals surface area contributed by atoms with Crippen molar-refractivity contribution in [2.45, 2.75) is 13.8 Å². The van der Waals surface area contributed by atoms with Gasteiger partial charge < -0.3 is 13.9 Å². The molecule has 0 spiro atoms. The molecule has 146 valence electrons. The number of fused-ring (bicyclic) bond motifs is 1. The number of benzene rings is 2. The summed E-state index contributed by atoms with van der Waals surface area (Å²) < 4.78 is 16.2. The molecule has 0 bridgehead atoms. The van der Waals surface area contributed by atoms with Crippen molar-refractivity contribution in [1.29, 1.82) is 0 Å². The Balaban J connectivity index is 1.77. The minimum absolute atomic E-state index is 0.0991. The van der Waals surface area contributed by atoms with Gasteiger partial charge in [0, 0.05) is 16.0 Å². The average Bonchev–Trinajstić information content (AvgIpc) is 3.02. The van der Waals surface area contributed by atoms with E-state index in [1.165, 1.54) is 13.2 Å². The highest BCUT2D eigenvalue weighted by Crippen LogP contribution is 2.29. The molecular formula is C20H19ClN2O5. The fourth-order valence-corrected chi connectivity index (χ4v) is 2.94. The standard InChI is InChI=1S/C20H19ClN2O5/c1-4-27-13-6-8-17-14(10-13)11(2)18(28-17)20(25)23-22-19(24)15-9-12(21)5-7-16(15)26-3/h5-10H,4H2,1-3H3,(H,22,24)(H,23,25). The van der Waals surface area contributed by atoms with E-state index >= 15 is 0 Å². The molecule has 0 unspecified atom stereocenters. The van der Waals surface area contributed by atoms with Crippen molar-refractivity contribution in [3.05, 3.63) is 58.3 Å². The van der Waals surface area contributed by atoms with Crippen molar-refractivity contribution in [2.75, 3.05) is 13.7 Å². The summed E-state index contributed by atoms with van der Waals surface area (Å²) in [6.07, 6.45) is 0. The van der Waals surface area contributed by atoms with Gasteiger partial charge in [-0.3, -0.25) is 20.4 Å². The van der Waals surface area contributed by atoms with Gasteiger partial charge in [-0.15, -0.1) is 0 Å². The summed E-state index contributed by atoms with van der Waals surface area (Å²) in [6, 6.07) is 9.93. The van der Waals surface area contributed by atoms with Crippen LogP contribution in [0.25, 0.3) is 11.0 Å². The zero-order chi connectivity index (χ0) is 20.3. The molecular weight excluding hydrogens is 384 g/mol. The summed E-state index contributed by atoms with van der Waals surface area (Å²) in [7, 11) is 1.44. The molecule has 2 N–H and O–H groups in total. The molecule has 3 rings (SSSR count). The largest absolute Gasteiger partial charge is 0.496 e. The van der Waals surface area contributed by atoms with E-state index in [1.54, 1.807) is 31.2 Å². The van der Waals surface area contributed by atoms with E-state index in [0.717, 1.165) is 5.39 Å². The SMILES string of the molecule is CCOc1ccc2oc(C(=O)NNC(=O)c3cc(Cl)ccc3OC)c(C)c2c1. The third-order valence-corrected chi connectivity index (χ3v) is 4.36. The van der Waals surface area contributed by atoms with Crippen LogP contribution in [0, 0.1) is 6.92 Å². The van der Waals surface area contributed by atoms with E-state index in [4.69, 9.17) is 25.5 Å². The first-order chi connectivity index (χ1) is 13.4. The van der Waals surface area contributed by atoms with Crippen molar-refractivity contribution in [2.24, 2.45) is 0 Å². The van der Waals surface area contributed by atoms with Gasteiger partial charge in [0.25, 0.3) is 5.91 Å². The Morgan fingerprint density at radius 3 is 2.57 bits per heavy atom. The lowest BCUT2D eigenvalue weighted by molar-refractivity contribution is 0.0830. The summed E-state index contributed by atoms with van der Waals surface area (Å²) >= 11 is 5.93. The van der Waals surface area contributed by atoms with Gasteiger partial charge >= 0.3 is 5.91 Å². The van der Waals surface area contributed by atoms with Gasteiger partial charge in [-0.05, 0) is 50.2 Å². The Labute approximate surface area is 166 Å². The molecule has 7 nitrogen and oxygen atoms in total. The van der Waals surface area contributed by atoms with Crippen LogP contribution >= 0.6 is 11.6 Å². The molecule has 2 aromatic carbocycles. The molecule has 0 aliphatic rings. The van der Waals surface area contributed by atoms with Crippen LogP contribution < -0.4 is 20.3 Å². The number of hydrogen-bond acceptors (Lipinski definition) is 5. The van der Waals surface area contributed by atoms with Gasteiger partial charge in [0.15, 0.2) is 5.76 Å². The first-order valence-electron chi connectivity index (χ1n) is 8.54. The van der Waals surface area contributed by atoms with Crippen molar-refractivity contribution in [1.82, 2.24) is 10.9 Å². The second-order valence-electron chi connectivity index (χ2n) is 5.90. The predicted octanol–water partition coefficient (Wildman–Crippen LogP) is 3.88. The molecule has 1 heterocycles. The van der Waals surface area contributed by atoms with Crippen LogP contribution in [0.2, 0.25) is 5.02 Å². The zero-order valence-corrected chi connectivity index (χ0v) is 16.3. The number of halogens is 1. The lowest BCUT2D eigenvalue weighted by atomic mass is 10.1. The second-order valence-corrected chi connectivity index (χ2v) is 6.34. The zero-order valence-electron chi connectivity index (χ0n) is 15.6. The van der Waals surface area contributed by atoms with Crippen molar-refractivity contribution in [3.8, 4) is 11.5 Å². The number of hydrazine groups is 1. The van der Waals surface area contributed by atoms with Crippen LogP contribution in [0.3, 0.4) is 0 Å². The van der Waals surface area contributed by atoms with Crippen molar-refractivity contribution < 1.29 is 23.5 Å². The van der Waals surface area contributed by atoms with Gasteiger partial charge in [-0.1, -0.05) is 11.6 Å². The highest BCUT2D eigenvalue weighted by molar-refractivity contribution is 6.31. The molecule has 0 saturated heterocycles. The van der Waals surface area contributed by atoms with Crippen molar-refractivity contribution in [3.63, 3.8) is 0 Å². The van der Waals surface area contributed by atoms with E-state index in [2.05, 4.69) is 10.9 Å². The topological polar surface area (TPSA) is 89.8 Å². The van der Waals surface area contributed by atoms with E-state index < -0.39 is 11.8 Å². The normalized spacial score (nSPS) is 10.6. The molecule has 8 heteroatoms. The Morgan fingerprint density at radius 2 is 1.86 bits per heavy atom. The minimum Gasteiger partial charge on any atom is -0.496 e. The van der Waals surface area contributed by atoms with E-state index in [0.29, 0.717) is 34.3 Å². The van der Waals surface area contributed by atoms with Crippen molar-refractivity contribution >= 4 is 34.4 Å². The predicted molar refractivity (Wildman–Crippen MR) is 105 cm³/mol. The molecule has 0 aliphatic carbocycles. The maximum absolute atomic E-state index is 12.5. The highest BCUT2D eigenvalue weighted by Gasteiger charge is 2.20. The highest BCUT2D eigenvalue weighted by atomic mass is 35.5. The quantitative estimate of drug-likeness (QED) is 0.632. The Bertz CT molecular complexity index is 1040. The van der Waals surface area contributed by atoms with E-state index in [-0.39, 0.29) is 11.3 Å². The Morgan fingerprint density at radius 1 is 1.11 bits per heavy atom. The van der Waals surface area contributed by atoms with Gasteiger partial charge in [0.2, 0.25) is 0 Å². The van der Waals surface area contributed by atoms with Crippen LogP contribution in [0.15, 0.2) is 40.8 Å². The first-order valence-corrected chi connectivity index (χ1v) is 8.92. The number of amides is 2. The fraction of sp³-hybridized carbons (Fsp3) is 0.200. The van der Waals surface area contributed by atoms with E-state index in [9.17, 15) is 9.59 Å². The smallest absolute Gasteiger partial charge is 0.305 e. The van der Waals surface area contributed by atoms with Gasteiger partial charge in [-0.2, -0.15) is 0 Å². The average molecular weight is 403 g/mol. The molecule has 1 aromatic heterocycles. The van der Waals surface area contributed by atoms with Gasteiger partial charge in [0.1, 0.15) is 17.1 Å². The number of ether oxygens (including phenoxy) is 2. The number of carbonyl (C=O) groups is 2. The number of rotatable bonds is 5. The minimum atomic E-state index is -0.582. The van der Waals surface area contributed by atoms with E-state index in [1.807, 2.05) is 13.0 Å². The number of nitrogens with one attached hydrogen (secondary N) is 2. The van der Waals surface area contributed by atoms with Crippen LogP contribution in [0.4, 0.5) is 0 Å². The van der Waals surface area contributed by atoms with Crippen LogP contribution in [-0.2, 0) is 0 Å². The molecule has 2 amide bonds. The fourth-order valence-electron chi connectivity index (χ4n) is 2.77. The number of carbonyl (C=O) groups excluding carboxylic acids is 2. The van der Waals surface area contributed by atoms with Crippen LogP contribution in [-0.4, -0.2) is 25.5 Å². The maximum atomic E-state index is 12.5. The summed E-state index contributed by atoms with van der Waals surface area (Å²) in [6.45, 7) is 4.19. The summed E-state index contributed by atoms with van der Waals surface area (Å²) in [5.74, 6) is -0.0326. The molecule has 0 atom stereocenters. The second kappa shape index (κ2) is 8.22. The maximum Gasteiger partial charge on any atom is 0.305 e. The number of hydrogen-bond donors (Lipinski definition) is 2.